The van der Waals surface area contributed by atoms with Gasteiger partial charge in [0, 0.05) is 94.1 Å². The summed E-state index contributed by atoms with van der Waals surface area (Å²) in [6.07, 6.45) is 10.3. The number of hydrogen-bond donors (Lipinski definition) is 3. The van der Waals surface area contributed by atoms with Crippen LogP contribution >= 0.6 is 0 Å². The minimum absolute atomic E-state index is 0.0335. The number of nitrogens with zero attached hydrogens (tertiary/aromatic N) is 5. The third-order valence-electron chi connectivity index (χ3n) is 12.8. The molecule has 1 aromatic heterocycles. The number of amides is 2. The first-order valence-corrected chi connectivity index (χ1v) is 25.8. The van der Waals surface area contributed by atoms with Crippen molar-refractivity contribution in [2.75, 3.05) is 71.5 Å². The summed E-state index contributed by atoms with van der Waals surface area (Å²) >= 11 is 0. The van der Waals surface area contributed by atoms with Crippen LogP contribution in [-0.4, -0.2) is 135 Å². The molecule has 4 aliphatic rings. The molecule has 2 amide bonds. The number of rotatable bonds is 11. The fourth-order valence-electron chi connectivity index (χ4n) is 8.82. The Labute approximate surface area is 418 Å². The number of unbranched alkanes of at least 4 members (excludes halogenated alkanes) is 1. The number of aliphatic imine (C=N–C) groups is 1. The number of likely N-dealkylation sites (N-methyl/N-ethyl adjacent to an activating group) is 1. The topological polar surface area (TPSA) is 142 Å². The number of halogens is 2. The largest absolute Gasteiger partial charge is 0.464 e. The van der Waals surface area contributed by atoms with E-state index in [-0.39, 0.29) is 44.3 Å². The predicted octanol–water partition coefficient (Wildman–Crippen LogP) is 8.92. The minimum atomic E-state index is -2.04. The van der Waals surface area contributed by atoms with Crippen molar-refractivity contribution in [1.82, 2.24) is 30.5 Å². The average Bonchev–Trinajstić information content (AvgIpc) is 3.63. The number of piperidine rings is 1. The standard InChI is InChI=1S/C45H64F2N8O6.C4H10.C3H8.C2H6/c1-9-15-49-37(30(4)59-8)24-39-33-25-44(5,6)28-61-42(57)35-12-11-18-55(51-35)29(3)36(50-41(56)27-52(7)43(58)45(47)13-16-48-17-14-45)21-31-26-53(19-20-60-31)40-22-32(33)38(23-34(40)46)54(39)10-2;1-3-4-2;1-3-2;1-2/h9,15,22-24,30-31,35-36,48,51H,1,3,10-14,16-21,25-28H2,2,4-8H3,(H,50,56);3-4H2,1-2H3;3H2,1-2H3;1-2H3/b37-24+,49-15?;;;. The van der Waals surface area contributed by atoms with Crippen LogP contribution in [0.2, 0.25) is 0 Å². The highest BCUT2D eigenvalue weighted by Crippen LogP contribution is 2.38. The van der Waals surface area contributed by atoms with Gasteiger partial charge in [-0.15, -0.1) is 0 Å². The number of hydrogen-bond acceptors (Lipinski definition) is 11. The first kappa shape index (κ1) is 59.7. The number of carbonyl (C=O) groups is 3. The van der Waals surface area contributed by atoms with Crippen LogP contribution in [0.3, 0.4) is 0 Å². The summed E-state index contributed by atoms with van der Waals surface area (Å²) in [4.78, 5) is 48.5. The summed E-state index contributed by atoms with van der Waals surface area (Å²) in [5.74, 6) is -2.03. The van der Waals surface area contributed by atoms with Gasteiger partial charge in [-0.1, -0.05) is 93.9 Å². The molecular weight excluding hydrogens is 895 g/mol. The second kappa shape index (κ2) is 29.0. The molecule has 3 saturated heterocycles. The molecule has 70 heavy (non-hydrogen) atoms. The zero-order chi connectivity index (χ0) is 52.2. The zero-order valence-electron chi connectivity index (χ0n) is 44.8. The van der Waals surface area contributed by atoms with Crippen LogP contribution in [0, 0.1) is 11.2 Å². The highest BCUT2D eigenvalue weighted by Gasteiger charge is 2.42. The molecule has 4 aliphatic heterocycles. The molecule has 0 radical (unpaired) electrons. The maximum Gasteiger partial charge on any atom is 0.324 e. The molecule has 5 heterocycles. The molecule has 3 N–H and O–H groups in total. The van der Waals surface area contributed by atoms with Crippen LogP contribution in [0.15, 0.2) is 47.8 Å². The summed E-state index contributed by atoms with van der Waals surface area (Å²) in [5.41, 5.74) is 4.82. The Hall–Kier alpha value is -4.64. The summed E-state index contributed by atoms with van der Waals surface area (Å²) < 4.78 is 52.3. The molecule has 6 bridgehead atoms. The lowest BCUT2D eigenvalue weighted by Crippen LogP contribution is -2.57. The van der Waals surface area contributed by atoms with Crippen molar-refractivity contribution < 1.29 is 37.4 Å². The number of fused-ring (bicyclic) bond motifs is 6. The predicted molar refractivity (Wildman–Crippen MR) is 281 cm³/mol. The van der Waals surface area contributed by atoms with E-state index in [0.29, 0.717) is 82.2 Å². The van der Waals surface area contributed by atoms with Crippen LogP contribution in [-0.2, 0) is 41.6 Å². The van der Waals surface area contributed by atoms with E-state index < -0.39 is 47.1 Å². The molecule has 0 aliphatic carbocycles. The third-order valence-corrected chi connectivity index (χ3v) is 12.8. The summed E-state index contributed by atoms with van der Waals surface area (Å²) in [6, 6.07) is 2.11. The first-order chi connectivity index (χ1) is 33.4. The van der Waals surface area contributed by atoms with Gasteiger partial charge in [0.15, 0.2) is 5.67 Å². The molecule has 14 nitrogen and oxygen atoms in total. The Morgan fingerprint density at radius 3 is 2.40 bits per heavy atom. The van der Waals surface area contributed by atoms with Gasteiger partial charge in [0.25, 0.3) is 5.91 Å². The molecule has 1 aromatic carbocycles. The molecule has 6 rings (SSSR count). The lowest BCUT2D eigenvalue weighted by Gasteiger charge is -2.41. The van der Waals surface area contributed by atoms with Crippen molar-refractivity contribution in [3.8, 4) is 0 Å². The lowest BCUT2D eigenvalue weighted by molar-refractivity contribution is -0.152. The first-order valence-electron chi connectivity index (χ1n) is 25.8. The highest BCUT2D eigenvalue weighted by atomic mass is 19.1. The molecule has 16 heteroatoms. The van der Waals surface area contributed by atoms with E-state index in [1.807, 2.05) is 58.6 Å². The smallest absolute Gasteiger partial charge is 0.324 e. The van der Waals surface area contributed by atoms with Gasteiger partial charge < -0.3 is 44.2 Å². The number of ether oxygens (including phenoxy) is 3. The number of aryl methyl sites for hydroxylation is 1. The van der Waals surface area contributed by atoms with Gasteiger partial charge in [0.2, 0.25) is 5.91 Å². The number of anilines is 1. The molecule has 0 saturated carbocycles. The van der Waals surface area contributed by atoms with Gasteiger partial charge in [-0.25, -0.2) is 14.2 Å². The Kier molecular flexibility index (Phi) is 24.7. The fraction of sp³-hybridized carbons (Fsp3) is 0.667. The van der Waals surface area contributed by atoms with Crippen molar-refractivity contribution in [1.29, 1.82) is 0 Å². The quantitative estimate of drug-likeness (QED) is 0.148. The zero-order valence-corrected chi connectivity index (χ0v) is 44.8. The summed E-state index contributed by atoms with van der Waals surface area (Å²) in [6.45, 7) is 31.4. The van der Waals surface area contributed by atoms with Crippen molar-refractivity contribution >= 4 is 46.7 Å². The molecule has 2 aromatic rings. The van der Waals surface area contributed by atoms with Crippen molar-refractivity contribution in [2.45, 2.75) is 164 Å². The number of methoxy groups -OCH3 is 1. The maximum absolute atomic E-state index is 16.6. The fourth-order valence-corrected chi connectivity index (χ4v) is 8.82. The van der Waals surface area contributed by atoms with E-state index in [0.717, 1.165) is 27.1 Å². The van der Waals surface area contributed by atoms with Gasteiger partial charge >= 0.3 is 5.97 Å². The van der Waals surface area contributed by atoms with Gasteiger partial charge in [0.1, 0.15) is 11.9 Å². The number of nitrogens with one attached hydrogen (secondary N) is 3. The Bertz CT molecular complexity index is 2080. The van der Waals surface area contributed by atoms with Gasteiger partial charge in [0.05, 0.1) is 54.9 Å². The SMILES string of the molecule is C=CC=N/C(=C/c1c2c3cc(c(F)cc3n1CC)N1CCOC(CC(NC(=O)CN(C)C(=O)C3(F)CCNCC3)C(=C)N3CCCC(N3)C(=O)OCC(C)(C)C2)C1)C(C)OC.CC.CCC.CCCC. The lowest BCUT2D eigenvalue weighted by atomic mass is 9.85. The van der Waals surface area contributed by atoms with Crippen LogP contribution in [0.4, 0.5) is 14.5 Å². The number of morpholine rings is 1. The van der Waals surface area contributed by atoms with Crippen molar-refractivity contribution in [3.63, 3.8) is 0 Å². The molecular formula is C54H88F2N8O6. The number of hydrazine groups is 1. The molecule has 394 valence electrons. The van der Waals surface area contributed by atoms with E-state index in [9.17, 15) is 14.4 Å². The number of alkyl halides is 1. The normalized spacial score (nSPS) is 21.9. The van der Waals surface area contributed by atoms with E-state index in [1.165, 1.54) is 26.3 Å². The van der Waals surface area contributed by atoms with Crippen LogP contribution in [0.25, 0.3) is 17.0 Å². The summed E-state index contributed by atoms with van der Waals surface area (Å²) in [7, 11) is 3.05. The molecule has 0 spiro atoms. The van der Waals surface area contributed by atoms with Crippen molar-refractivity contribution in [3.05, 3.63) is 59.8 Å². The molecule has 3 fully saturated rings. The second-order valence-electron chi connectivity index (χ2n) is 19.2. The monoisotopic (exact) mass is 983 g/mol. The highest BCUT2D eigenvalue weighted by molar-refractivity contribution is 5.92. The van der Waals surface area contributed by atoms with Crippen LogP contribution in [0.1, 0.15) is 132 Å². The van der Waals surface area contributed by atoms with E-state index >= 15 is 8.78 Å². The third kappa shape index (κ3) is 16.2. The Morgan fingerprint density at radius 1 is 1.11 bits per heavy atom. The van der Waals surface area contributed by atoms with Crippen LogP contribution < -0.4 is 21.0 Å². The average molecular weight is 983 g/mol. The Morgan fingerprint density at radius 2 is 1.79 bits per heavy atom. The van der Waals surface area contributed by atoms with Crippen molar-refractivity contribution in [2.24, 2.45) is 10.4 Å². The number of cyclic esters (lactones) is 1. The van der Waals surface area contributed by atoms with E-state index in [1.54, 1.807) is 30.5 Å². The number of aromatic nitrogens is 1. The minimum Gasteiger partial charge on any atom is -0.464 e. The van der Waals surface area contributed by atoms with Gasteiger partial charge in [-0.2, -0.15) is 0 Å². The van der Waals surface area contributed by atoms with E-state index in [2.05, 4.69) is 66.5 Å². The van der Waals surface area contributed by atoms with E-state index in [4.69, 9.17) is 14.2 Å². The van der Waals surface area contributed by atoms with Gasteiger partial charge in [-0.3, -0.25) is 19.4 Å². The number of allylic oxidation sites excluding steroid dienone is 1. The van der Waals surface area contributed by atoms with Crippen LogP contribution in [0.5, 0.6) is 0 Å². The number of carbonyl (C=O) groups excluding carboxylic acids is 3. The molecule has 4 unspecified atom stereocenters. The Balaban J connectivity index is 0.00000134. The maximum atomic E-state index is 16.6. The number of esters is 1. The molecule has 4 atom stereocenters. The summed E-state index contributed by atoms with van der Waals surface area (Å²) in [5, 5.41) is 8.74. The number of benzene rings is 1. The van der Waals surface area contributed by atoms with Gasteiger partial charge in [-0.05, 0) is 63.9 Å². The second-order valence-corrected chi connectivity index (χ2v) is 19.2.